The number of Topliss-reactive ketones (excluding diaryl/α,β-unsaturated/α-hetero) is 1. The van der Waals surface area contributed by atoms with Crippen molar-refractivity contribution in [3.63, 3.8) is 0 Å². The van der Waals surface area contributed by atoms with Crippen LogP contribution in [-0.4, -0.2) is 29.8 Å². The van der Waals surface area contributed by atoms with Crippen molar-refractivity contribution in [3.05, 3.63) is 0 Å². The summed E-state index contributed by atoms with van der Waals surface area (Å²) in [6.45, 7) is 10.3. The van der Waals surface area contributed by atoms with Crippen LogP contribution in [0.1, 0.15) is 53.4 Å². The molecule has 1 saturated heterocycles. The van der Waals surface area contributed by atoms with E-state index in [1.165, 1.54) is 25.7 Å². The fourth-order valence-corrected chi connectivity index (χ4v) is 2.62. The Kier molecular flexibility index (Phi) is 4.32. The summed E-state index contributed by atoms with van der Waals surface area (Å²) in [6.07, 6.45) is 5.13. The molecule has 1 atom stereocenters. The molecule has 1 aliphatic heterocycles. The van der Waals surface area contributed by atoms with E-state index in [-0.39, 0.29) is 0 Å². The smallest absolute Gasteiger partial charge is 0.143 e. The first-order valence-corrected chi connectivity index (χ1v) is 6.15. The molecule has 0 aliphatic carbocycles. The summed E-state index contributed by atoms with van der Waals surface area (Å²) in [5.41, 5.74) is 0.291. The van der Waals surface area contributed by atoms with E-state index in [0.29, 0.717) is 23.8 Å². The van der Waals surface area contributed by atoms with Crippen molar-refractivity contribution in [1.82, 2.24) is 4.90 Å². The summed E-state index contributed by atoms with van der Waals surface area (Å²) in [7, 11) is 0. The molecule has 0 aromatic heterocycles. The van der Waals surface area contributed by atoms with Gasteiger partial charge in [-0.2, -0.15) is 0 Å². The fourth-order valence-electron chi connectivity index (χ4n) is 2.62. The summed E-state index contributed by atoms with van der Waals surface area (Å²) < 4.78 is 0. The molecule has 1 rings (SSSR count). The monoisotopic (exact) mass is 211 g/mol. The number of carbonyl (C=O) groups excluding carboxylic acids is 1. The maximum Gasteiger partial charge on any atom is 0.143 e. The predicted molar refractivity (Wildman–Crippen MR) is 64.0 cm³/mol. The molecule has 0 radical (unpaired) electrons. The maximum absolute atomic E-state index is 11.3. The highest BCUT2D eigenvalue weighted by Gasteiger charge is 2.31. The molecular weight excluding hydrogens is 186 g/mol. The van der Waals surface area contributed by atoms with Gasteiger partial charge in [0.05, 0.1) is 6.54 Å². The highest BCUT2D eigenvalue weighted by atomic mass is 16.1. The Labute approximate surface area is 94.0 Å². The van der Waals surface area contributed by atoms with E-state index in [1.54, 1.807) is 6.92 Å². The van der Waals surface area contributed by atoms with Crippen molar-refractivity contribution in [1.29, 1.82) is 0 Å². The van der Waals surface area contributed by atoms with E-state index in [9.17, 15) is 4.79 Å². The second kappa shape index (κ2) is 5.11. The Bertz CT molecular complexity index is 217. The van der Waals surface area contributed by atoms with Crippen LogP contribution in [-0.2, 0) is 4.79 Å². The van der Waals surface area contributed by atoms with Gasteiger partial charge < -0.3 is 0 Å². The van der Waals surface area contributed by atoms with Crippen molar-refractivity contribution < 1.29 is 4.79 Å². The Morgan fingerprint density at radius 2 is 1.93 bits per heavy atom. The number of hydrogen-bond donors (Lipinski definition) is 0. The SMILES string of the molecule is CC(=O)CN1CCCCCC1C(C)(C)C. The Balaban J connectivity index is 2.71. The minimum absolute atomic E-state index is 0.291. The van der Waals surface area contributed by atoms with Gasteiger partial charge in [0.2, 0.25) is 0 Å². The Hall–Kier alpha value is -0.370. The van der Waals surface area contributed by atoms with Crippen molar-refractivity contribution in [2.75, 3.05) is 13.1 Å². The molecule has 0 N–H and O–H groups in total. The normalized spacial score (nSPS) is 24.9. The lowest BCUT2D eigenvalue weighted by Crippen LogP contribution is -2.45. The van der Waals surface area contributed by atoms with Gasteiger partial charge in [-0.25, -0.2) is 0 Å². The van der Waals surface area contributed by atoms with Gasteiger partial charge in [-0.05, 0) is 31.7 Å². The summed E-state index contributed by atoms with van der Waals surface area (Å²) in [5, 5.41) is 0. The van der Waals surface area contributed by atoms with E-state index in [2.05, 4.69) is 25.7 Å². The molecule has 88 valence electrons. The van der Waals surface area contributed by atoms with Crippen molar-refractivity contribution in [3.8, 4) is 0 Å². The fraction of sp³-hybridized carbons (Fsp3) is 0.923. The van der Waals surface area contributed by atoms with E-state index >= 15 is 0 Å². The molecular formula is C13H25NO. The molecule has 2 heteroatoms. The first-order valence-electron chi connectivity index (χ1n) is 6.15. The number of ketones is 1. The zero-order chi connectivity index (χ0) is 11.5. The molecule has 15 heavy (non-hydrogen) atoms. The summed E-state index contributed by atoms with van der Waals surface area (Å²) in [5.74, 6) is 0.297. The second-order valence-corrected chi connectivity index (χ2v) is 5.90. The first kappa shape index (κ1) is 12.7. The highest BCUT2D eigenvalue weighted by molar-refractivity contribution is 5.77. The lowest BCUT2D eigenvalue weighted by atomic mass is 9.83. The third-order valence-corrected chi connectivity index (χ3v) is 3.29. The van der Waals surface area contributed by atoms with Gasteiger partial charge in [0.25, 0.3) is 0 Å². The molecule has 0 aromatic carbocycles. The summed E-state index contributed by atoms with van der Waals surface area (Å²) in [4.78, 5) is 13.7. The lowest BCUT2D eigenvalue weighted by Gasteiger charge is -2.38. The van der Waals surface area contributed by atoms with Crippen molar-refractivity contribution in [2.24, 2.45) is 5.41 Å². The van der Waals surface area contributed by atoms with Crippen molar-refractivity contribution >= 4 is 5.78 Å². The number of likely N-dealkylation sites (tertiary alicyclic amines) is 1. The number of hydrogen-bond acceptors (Lipinski definition) is 2. The zero-order valence-corrected chi connectivity index (χ0v) is 10.7. The maximum atomic E-state index is 11.3. The topological polar surface area (TPSA) is 20.3 Å². The van der Waals surface area contributed by atoms with E-state index in [4.69, 9.17) is 0 Å². The standard InChI is InChI=1S/C13H25NO/c1-11(15)10-14-9-7-5-6-8-12(14)13(2,3)4/h12H,5-10H2,1-4H3. The average molecular weight is 211 g/mol. The van der Waals surface area contributed by atoms with Crippen LogP contribution in [0, 0.1) is 5.41 Å². The number of carbonyl (C=O) groups is 1. The average Bonchev–Trinajstić information content (AvgIpc) is 2.27. The minimum Gasteiger partial charge on any atom is -0.299 e. The predicted octanol–water partition coefficient (Wildman–Crippen LogP) is 2.87. The molecule has 1 aliphatic rings. The van der Waals surface area contributed by atoms with Crippen LogP contribution in [0.25, 0.3) is 0 Å². The molecule has 0 spiro atoms. The van der Waals surface area contributed by atoms with Crippen LogP contribution in [0.3, 0.4) is 0 Å². The first-order chi connectivity index (χ1) is 6.91. The van der Waals surface area contributed by atoms with Gasteiger partial charge in [-0.3, -0.25) is 9.69 Å². The van der Waals surface area contributed by atoms with E-state index in [1.807, 2.05) is 0 Å². The van der Waals surface area contributed by atoms with Gasteiger partial charge in [-0.15, -0.1) is 0 Å². The van der Waals surface area contributed by atoms with E-state index < -0.39 is 0 Å². The number of rotatable bonds is 2. The van der Waals surface area contributed by atoms with Crippen LogP contribution in [0.2, 0.25) is 0 Å². The lowest BCUT2D eigenvalue weighted by molar-refractivity contribution is -0.119. The molecule has 1 unspecified atom stereocenters. The van der Waals surface area contributed by atoms with Gasteiger partial charge in [-0.1, -0.05) is 33.6 Å². The van der Waals surface area contributed by atoms with Gasteiger partial charge in [0.1, 0.15) is 5.78 Å². The number of nitrogens with zero attached hydrogens (tertiary/aromatic N) is 1. The van der Waals surface area contributed by atoms with Gasteiger partial charge >= 0.3 is 0 Å². The Morgan fingerprint density at radius 1 is 1.27 bits per heavy atom. The molecule has 0 amide bonds. The molecule has 2 nitrogen and oxygen atoms in total. The Morgan fingerprint density at radius 3 is 2.47 bits per heavy atom. The summed E-state index contributed by atoms with van der Waals surface area (Å²) >= 11 is 0. The van der Waals surface area contributed by atoms with Crippen molar-refractivity contribution in [2.45, 2.75) is 59.4 Å². The third kappa shape index (κ3) is 3.94. The van der Waals surface area contributed by atoms with Crippen LogP contribution in [0.4, 0.5) is 0 Å². The van der Waals surface area contributed by atoms with Gasteiger partial charge in [0, 0.05) is 6.04 Å². The van der Waals surface area contributed by atoms with Gasteiger partial charge in [0.15, 0.2) is 0 Å². The molecule has 1 heterocycles. The van der Waals surface area contributed by atoms with Crippen LogP contribution < -0.4 is 0 Å². The minimum atomic E-state index is 0.291. The quantitative estimate of drug-likeness (QED) is 0.700. The highest BCUT2D eigenvalue weighted by Crippen LogP contribution is 2.30. The van der Waals surface area contributed by atoms with Crippen LogP contribution >= 0.6 is 0 Å². The summed E-state index contributed by atoms with van der Waals surface area (Å²) in [6, 6.07) is 0.573. The van der Waals surface area contributed by atoms with Crippen LogP contribution in [0.15, 0.2) is 0 Å². The molecule has 1 fully saturated rings. The molecule has 0 bridgehead atoms. The van der Waals surface area contributed by atoms with Crippen LogP contribution in [0.5, 0.6) is 0 Å². The molecule has 0 saturated carbocycles. The van der Waals surface area contributed by atoms with E-state index in [0.717, 1.165) is 6.54 Å². The third-order valence-electron chi connectivity index (χ3n) is 3.29. The second-order valence-electron chi connectivity index (χ2n) is 5.90. The zero-order valence-electron chi connectivity index (χ0n) is 10.7. The largest absolute Gasteiger partial charge is 0.299 e. The molecule has 0 aromatic rings.